The van der Waals surface area contributed by atoms with Gasteiger partial charge in [-0.3, -0.25) is 13.8 Å². The molecule has 0 saturated heterocycles. The second kappa shape index (κ2) is 5.26. The van der Waals surface area contributed by atoms with Crippen LogP contribution in [-0.4, -0.2) is 14.0 Å². The third-order valence-corrected chi connectivity index (χ3v) is 4.75. The van der Waals surface area contributed by atoms with Crippen molar-refractivity contribution in [1.29, 1.82) is 0 Å². The number of hydrogen-bond donors (Lipinski definition) is 0. The smallest absolute Gasteiger partial charge is 0.264 e. The van der Waals surface area contributed by atoms with Crippen LogP contribution in [0.1, 0.15) is 5.56 Å². The summed E-state index contributed by atoms with van der Waals surface area (Å²) in [4.78, 5) is 18.0. The predicted octanol–water partition coefficient (Wildman–Crippen LogP) is 4.24. The van der Waals surface area contributed by atoms with E-state index in [1.807, 2.05) is 47.0 Å². The first kappa shape index (κ1) is 14.8. The van der Waals surface area contributed by atoms with Crippen molar-refractivity contribution < 1.29 is 4.39 Å². The summed E-state index contributed by atoms with van der Waals surface area (Å²) in [5.74, 6) is -0.343. The monoisotopic (exact) mass is 343 g/mol. The van der Waals surface area contributed by atoms with Crippen LogP contribution in [0.15, 0.2) is 71.7 Å². The number of aromatic nitrogens is 3. The Kier molecular flexibility index (Phi) is 3.00. The normalized spacial score (nSPS) is 11.6. The molecule has 0 radical (unpaired) electrons. The first-order chi connectivity index (χ1) is 12.6. The maximum atomic E-state index is 14.2. The summed E-state index contributed by atoms with van der Waals surface area (Å²) in [5, 5.41) is 1.35. The third-order valence-electron chi connectivity index (χ3n) is 4.75. The number of nitrogens with zero attached hydrogens (tertiary/aromatic N) is 3. The lowest BCUT2D eigenvalue weighted by atomic mass is 10.1. The van der Waals surface area contributed by atoms with Crippen LogP contribution < -0.4 is 5.56 Å². The minimum atomic E-state index is -0.343. The fraction of sp³-hybridized carbons (Fsp3) is 0.0476. The summed E-state index contributed by atoms with van der Waals surface area (Å²) in [7, 11) is 0. The van der Waals surface area contributed by atoms with Crippen LogP contribution in [-0.2, 0) is 0 Å². The Morgan fingerprint density at radius 3 is 2.54 bits per heavy atom. The lowest BCUT2D eigenvalue weighted by molar-refractivity contribution is 0.617. The van der Waals surface area contributed by atoms with Crippen molar-refractivity contribution >= 4 is 27.6 Å². The van der Waals surface area contributed by atoms with Gasteiger partial charge in [0.1, 0.15) is 17.0 Å². The minimum Gasteiger partial charge on any atom is -0.285 e. The molecule has 3 heterocycles. The zero-order valence-electron chi connectivity index (χ0n) is 14.0. The highest BCUT2D eigenvalue weighted by molar-refractivity contribution is 6.04. The lowest BCUT2D eigenvalue weighted by Crippen LogP contribution is -2.20. The Morgan fingerprint density at radius 2 is 1.73 bits per heavy atom. The number of imidazole rings is 1. The summed E-state index contributed by atoms with van der Waals surface area (Å²) in [5.41, 5.74) is 2.91. The minimum absolute atomic E-state index is 0.193. The zero-order chi connectivity index (χ0) is 17.8. The molecule has 0 N–H and O–H groups in total. The molecule has 0 atom stereocenters. The highest BCUT2D eigenvalue weighted by Gasteiger charge is 2.17. The molecule has 0 bridgehead atoms. The number of hydrogen-bond acceptors (Lipinski definition) is 2. The number of halogens is 1. The average Bonchev–Trinajstić information content (AvgIpc) is 3.04. The number of rotatable bonds is 1. The van der Waals surface area contributed by atoms with Crippen LogP contribution in [0.3, 0.4) is 0 Å². The second-order valence-electron chi connectivity index (χ2n) is 6.33. The van der Waals surface area contributed by atoms with Gasteiger partial charge in [0.25, 0.3) is 5.56 Å². The van der Waals surface area contributed by atoms with Crippen LogP contribution in [0.4, 0.5) is 4.39 Å². The largest absolute Gasteiger partial charge is 0.285 e. The fourth-order valence-electron chi connectivity index (χ4n) is 3.43. The van der Waals surface area contributed by atoms with E-state index in [-0.39, 0.29) is 11.4 Å². The Balaban J connectivity index is 2.08. The van der Waals surface area contributed by atoms with Gasteiger partial charge < -0.3 is 0 Å². The van der Waals surface area contributed by atoms with E-state index in [1.54, 1.807) is 29.7 Å². The zero-order valence-corrected chi connectivity index (χ0v) is 14.0. The third kappa shape index (κ3) is 1.94. The Labute approximate surface area is 147 Å². The van der Waals surface area contributed by atoms with Crippen LogP contribution >= 0.6 is 0 Å². The molecular weight excluding hydrogens is 329 g/mol. The SMILES string of the molecule is Cc1ccc(-n2c(=O)c3ccccc3c3nc4ccccn4c32)cc1F. The van der Waals surface area contributed by atoms with Gasteiger partial charge >= 0.3 is 0 Å². The van der Waals surface area contributed by atoms with Crippen LogP contribution in [0.5, 0.6) is 0 Å². The summed E-state index contributed by atoms with van der Waals surface area (Å²) >= 11 is 0. The van der Waals surface area contributed by atoms with E-state index in [4.69, 9.17) is 4.98 Å². The van der Waals surface area contributed by atoms with Gasteiger partial charge in [0.05, 0.1) is 5.69 Å². The number of benzene rings is 2. The molecule has 0 unspecified atom stereocenters. The Hall–Kier alpha value is -3.47. The molecule has 126 valence electrons. The summed E-state index contributed by atoms with van der Waals surface area (Å²) < 4.78 is 17.6. The van der Waals surface area contributed by atoms with Crippen molar-refractivity contribution in [2.75, 3.05) is 0 Å². The Bertz CT molecular complexity index is 1380. The molecule has 0 spiro atoms. The van der Waals surface area contributed by atoms with Gasteiger partial charge in [-0.05, 0) is 42.8 Å². The van der Waals surface area contributed by atoms with Gasteiger partial charge in [-0.15, -0.1) is 0 Å². The molecule has 0 aliphatic heterocycles. The van der Waals surface area contributed by atoms with E-state index in [0.29, 0.717) is 27.8 Å². The van der Waals surface area contributed by atoms with E-state index >= 15 is 0 Å². The second-order valence-corrected chi connectivity index (χ2v) is 6.33. The molecule has 0 fully saturated rings. The van der Waals surface area contributed by atoms with Crippen molar-refractivity contribution in [3.05, 3.63) is 88.6 Å². The molecule has 5 rings (SSSR count). The maximum Gasteiger partial charge on any atom is 0.264 e. The molecule has 3 aromatic heterocycles. The summed E-state index contributed by atoms with van der Waals surface area (Å²) in [6.07, 6.45) is 1.86. The molecule has 5 aromatic rings. The number of aryl methyl sites for hydroxylation is 1. The van der Waals surface area contributed by atoms with Crippen molar-refractivity contribution in [3.63, 3.8) is 0 Å². The summed E-state index contributed by atoms with van der Waals surface area (Å²) in [6, 6.07) is 17.9. The molecule has 0 aliphatic rings. The standard InChI is InChI=1S/C21H14FN3O/c1-13-9-10-14(12-17(13)22)25-20-19(23-18-8-4-5-11-24(18)20)15-6-2-3-7-16(15)21(25)26/h2-12H,1H3. The predicted molar refractivity (Wildman–Crippen MR) is 100 cm³/mol. The van der Waals surface area contributed by atoms with Gasteiger partial charge in [-0.1, -0.05) is 30.3 Å². The topological polar surface area (TPSA) is 39.3 Å². The van der Waals surface area contributed by atoms with Crippen LogP contribution in [0, 0.1) is 12.7 Å². The molecule has 0 saturated carbocycles. The molecule has 0 amide bonds. The Morgan fingerprint density at radius 1 is 0.962 bits per heavy atom. The van der Waals surface area contributed by atoms with Crippen molar-refractivity contribution in [3.8, 4) is 5.69 Å². The number of pyridine rings is 2. The average molecular weight is 343 g/mol. The van der Waals surface area contributed by atoms with Gasteiger partial charge in [-0.25, -0.2) is 9.37 Å². The molecule has 0 aliphatic carbocycles. The quantitative estimate of drug-likeness (QED) is 0.457. The van der Waals surface area contributed by atoms with Gasteiger partial charge in [-0.2, -0.15) is 0 Å². The van der Waals surface area contributed by atoms with Crippen molar-refractivity contribution in [2.24, 2.45) is 0 Å². The molecule has 5 heteroatoms. The van der Waals surface area contributed by atoms with Gasteiger partial charge in [0.15, 0.2) is 5.65 Å². The van der Waals surface area contributed by atoms with Gasteiger partial charge in [0.2, 0.25) is 0 Å². The first-order valence-corrected chi connectivity index (χ1v) is 8.32. The van der Waals surface area contributed by atoms with Crippen molar-refractivity contribution in [1.82, 2.24) is 14.0 Å². The molecule has 4 nitrogen and oxygen atoms in total. The van der Waals surface area contributed by atoms with E-state index < -0.39 is 0 Å². The summed E-state index contributed by atoms with van der Waals surface area (Å²) in [6.45, 7) is 1.70. The van der Waals surface area contributed by atoms with E-state index in [9.17, 15) is 9.18 Å². The molecular formula is C21H14FN3O. The van der Waals surface area contributed by atoms with Crippen LogP contribution in [0.2, 0.25) is 0 Å². The van der Waals surface area contributed by atoms with Gasteiger partial charge in [0, 0.05) is 17.0 Å². The van der Waals surface area contributed by atoms with E-state index in [2.05, 4.69) is 0 Å². The lowest BCUT2D eigenvalue weighted by Gasteiger charge is -2.11. The first-order valence-electron chi connectivity index (χ1n) is 8.32. The highest BCUT2D eigenvalue weighted by atomic mass is 19.1. The molecule has 26 heavy (non-hydrogen) atoms. The van der Waals surface area contributed by atoms with Crippen molar-refractivity contribution in [2.45, 2.75) is 6.92 Å². The highest BCUT2D eigenvalue weighted by Crippen LogP contribution is 2.26. The van der Waals surface area contributed by atoms with E-state index in [0.717, 1.165) is 11.0 Å². The maximum absolute atomic E-state index is 14.2. The van der Waals surface area contributed by atoms with Crippen LogP contribution in [0.25, 0.3) is 33.3 Å². The number of fused-ring (bicyclic) bond motifs is 5. The fourth-order valence-corrected chi connectivity index (χ4v) is 3.43. The van der Waals surface area contributed by atoms with E-state index in [1.165, 1.54) is 6.07 Å². The molecule has 2 aromatic carbocycles.